The summed E-state index contributed by atoms with van der Waals surface area (Å²) in [6, 6.07) is 17.0. The van der Waals surface area contributed by atoms with Crippen molar-refractivity contribution in [1.29, 1.82) is 0 Å². The van der Waals surface area contributed by atoms with Gasteiger partial charge in [-0.2, -0.15) is 0 Å². The fourth-order valence-electron chi connectivity index (χ4n) is 3.83. The number of hydrogen-bond donors (Lipinski definition) is 1. The SMILES string of the molecule is O=C(c1ccccc1[C@H](O)c1ccccc1)N1CCC[C@H]1Cn1ccnc1. The Balaban J connectivity index is 1.60. The van der Waals surface area contributed by atoms with Gasteiger partial charge in [-0.05, 0) is 30.0 Å². The Bertz CT molecular complexity index is 893. The fraction of sp³-hybridized carbons (Fsp3) is 0.273. The van der Waals surface area contributed by atoms with E-state index in [4.69, 9.17) is 0 Å². The summed E-state index contributed by atoms with van der Waals surface area (Å²) in [5, 5.41) is 10.9. The van der Waals surface area contributed by atoms with Crippen molar-refractivity contribution in [1.82, 2.24) is 14.5 Å². The van der Waals surface area contributed by atoms with Gasteiger partial charge in [0, 0.05) is 37.1 Å². The van der Waals surface area contributed by atoms with Gasteiger partial charge < -0.3 is 14.6 Å². The van der Waals surface area contributed by atoms with Gasteiger partial charge in [0.2, 0.25) is 0 Å². The first kappa shape index (κ1) is 17.5. The summed E-state index contributed by atoms with van der Waals surface area (Å²) in [6.07, 6.45) is 6.62. The van der Waals surface area contributed by atoms with Crippen molar-refractivity contribution in [3.63, 3.8) is 0 Å². The molecule has 1 N–H and O–H groups in total. The van der Waals surface area contributed by atoms with Crippen LogP contribution in [0.2, 0.25) is 0 Å². The van der Waals surface area contributed by atoms with E-state index in [9.17, 15) is 9.90 Å². The van der Waals surface area contributed by atoms with Crippen LogP contribution in [-0.2, 0) is 6.54 Å². The number of carbonyl (C=O) groups is 1. The molecule has 2 atom stereocenters. The number of amides is 1. The number of imidazole rings is 1. The second-order valence-corrected chi connectivity index (χ2v) is 6.95. The number of rotatable bonds is 5. The maximum atomic E-state index is 13.3. The summed E-state index contributed by atoms with van der Waals surface area (Å²) in [4.78, 5) is 19.4. The highest BCUT2D eigenvalue weighted by Gasteiger charge is 2.31. The van der Waals surface area contributed by atoms with Crippen LogP contribution in [0, 0.1) is 0 Å². The third kappa shape index (κ3) is 3.64. The number of aliphatic hydroxyl groups is 1. The van der Waals surface area contributed by atoms with Gasteiger partial charge in [0.25, 0.3) is 5.91 Å². The third-order valence-corrected chi connectivity index (χ3v) is 5.22. The van der Waals surface area contributed by atoms with Crippen molar-refractivity contribution in [2.45, 2.75) is 31.5 Å². The first-order valence-electron chi connectivity index (χ1n) is 9.32. The highest BCUT2D eigenvalue weighted by atomic mass is 16.3. The van der Waals surface area contributed by atoms with E-state index in [1.54, 1.807) is 12.5 Å². The van der Waals surface area contributed by atoms with Gasteiger partial charge in [-0.1, -0.05) is 48.5 Å². The first-order valence-corrected chi connectivity index (χ1v) is 9.32. The minimum atomic E-state index is -0.818. The molecule has 2 heterocycles. The molecule has 0 radical (unpaired) electrons. The molecule has 1 fully saturated rings. The number of benzene rings is 2. The van der Waals surface area contributed by atoms with Gasteiger partial charge in [0.15, 0.2) is 0 Å². The van der Waals surface area contributed by atoms with E-state index in [0.717, 1.165) is 31.5 Å². The molecule has 138 valence electrons. The second-order valence-electron chi connectivity index (χ2n) is 6.95. The zero-order valence-corrected chi connectivity index (χ0v) is 15.1. The molecular formula is C22H23N3O2. The molecule has 0 bridgehead atoms. The molecule has 1 amide bonds. The van der Waals surface area contributed by atoms with E-state index in [1.807, 2.05) is 70.3 Å². The molecule has 5 heteroatoms. The normalized spacial score (nSPS) is 17.8. The summed E-state index contributed by atoms with van der Waals surface area (Å²) < 4.78 is 2.01. The van der Waals surface area contributed by atoms with Gasteiger partial charge in [-0.3, -0.25) is 4.79 Å². The number of aliphatic hydroxyl groups excluding tert-OH is 1. The molecular weight excluding hydrogens is 338 g/mol. The van der Waals surface area contributed by atoms with Gasteiger partial charge in [-0.15, -0.1) is 0 Å². The van der Waals surface area contributed by atoms with E-state index in [2.05, 4.69) is 4.98 Å². The lowest BCUT2D eigenvalue weighted by atomic mass is 9.96. The van der Waals surface area contributed by atoms with E-state index in [1.165, 1.54) is 0 Å². The average molecular weight is 361 g/mol. The van der Waals surface area contributed by atoms with Crippen LogP contribution in [-0.4, -0.2) is 38.1 Å². The van der Waals surface area contributed by atoms with Gasteiger partial charge >= 0.3 is 0 Å². The Morgan fingerprint density at radius 1 is 1.15 bits per heavy atom. The molecule has 1 aromatic heterocycles. The highest BCUT2D eigenvalue weighted by molar-refractivity contribution is 5.96. The monoisotopic (exact) mass is 361 g/mol. The van der Waals surface area contributed by atoms with Crippen LogP contribution >= 0.6 is 0 Å². The van der Waals surface area contributed by atoms with Crippen molar-refractivity contribution in [3.05, 3.63) is 90.0 Å². The maximum Gasteiger partial charge on any atom is 0.254 e. The lowest BCUT2D eigenvalue weighted by Crippen LogP contribution is -2.38. The van der Waals surface area contributed by atoms with Gasteiger partial charge in [0.1, 0.15) is 6.10 Å². The zero-order chi connectivity index (χ0) is 18.6. The molecule has 0 aliphatic carbocycles. The van der Waals surface area contributed by atoms with Crippen molar-refractivity contribution in [2.75, 3.05) is 6.54 Å². The third-order valence-electron chi connectivity index (χ3n) is 5.22. The molecule has 5 nitrogen and oxygen atoms in total. The second kappa shape index (κ2) is 7.76. The smallest absolute Gasteiger partial charge is 0.254 e. The van der Waals surface area contributed by atoms with Crippen molar-refractivity contribution in [2.24, 2.45) is 0 Å². The zero-order valence-electron chi connectivity index (χ0n) is 15.1. The van der Waals surface area contributed by atoms with Crippen LogP contribution in [0.3, 0.4) is 0 Å². The Morgan fingerprint density at radius 2 is 1.93 bits per heavy atom. The van der Waals surface area contributed by atoms with E-state index < -0.39 is 6.10 Å². The van der Waals surface area contributed by atoms with E-state index >= 15 is 0 Å². The minimum Gasteiger partial charge on any atom is -0.384 e. The standard InChI is InChI=1S/C22H23N3O2/c26-21(17-7-2-1-3-8-17)19-10-4-5-11-20(19)22(27)25-13-6-9-18(25)15-24-14-12-23-16-24/h1-5,7-8,10-12,14,16,18,21,26H,6,9,13,15H2/t18-,21+/m0/s1. The number of nitrogens with zero attached hydrogens (tertiary/aromatic N) is 3. The summed E-state index contributed by atoms with van der Waals surface area (Å²) in [5.41, 5.74) is 2.02. The summed E-state index contributed by atoms with van der Waals surface area (Å²) in [6.45, 7) is 1.49. The lowest BCUT2D eigenvalue weighted by Gasteiger charge is -2.27. The molecule has 0 unspecified atom stereocenters. The molecule has 1 saturated heterocycles. The number of aromatic nitrogens is 2. The predicted molar refractivity (Wildman–Crippen MR) is 103 cm³/mol. The number of carbonyl (C=O) groups excluding carboxylic acids is 1. The molecule has 0 spiro atoms. The molecule has 3 aromatic rings. The lowest BCUT2D eigenvalue weighted by molar-refractivity contribution is 0.0719. The van der Waals surface area contributed by atoms with Crippen LogP contribution in [0.5, 0.6) is 0 Å². The summed E-state index contributed by atoms with van der Waals surface area (Å²) >= 11 is 0. The quantitative estimate of drug-likeness (QED) is 0.759. The fourth-order valence-corrected chi connectivity index (χ4v) is 3.83. The van der Waals surface area contributed by atoms with Crippen LogP contribution < -0.4 is 0 Å². The number of hydrogen-bond acceptors (Lipinski definition) is 3. The Morgan fingerprint density at radius 3 is 2.70 bits per heavy atom. The Hall–Kier alpha value is -2.92. The van der Waals surface area contributed by atoms with Gasteiger partial charge in [-0.25, -0.2) is 4.98 Å². The average Bonchev–Trinajstić information content (AvgIpc) is 3.40. The highest BCUT2D eigenvalue weighted by Crippen LogP contribution is 2.28. The molecule has 1 aliphatic heterocycles. The van der Waals surface area contributed by atoms with Crippen molar-refractivity contribution >= 4 is 5.91 Å². The van der Waals surface area contributed by atoms with Crippen LogP contribution in [0.25, 0.3) is 0 Å². The maximum absolute atomic E-state index is 13.3. The topological polar surface area (TPSA) is 58.4 Å². The largest absolute Gasteiger partial charge is 0.384 e. The molecule has 4 rings (SSSR count). The number of likely N-dealkylation sites (tertiary alicyclic amines) is 1. The van der Waals surface area contributed by atoms with E-state index in [0.29, 0.717) is 11.1 Å². The van der Waals surface area contributed by atoms with E-state index in [-0.39, 0.29) is 11.9 Å². The predicted octanol–water partition coefficient (Wildman–Crippen LogP) is 3.27. The van der Waals surface area contributed by atoms with Crippen molar-refractivity contribution < 1.29 is 9.90 Å². The molecule has 1 aliphatic rings. The minimum absolute atomic E-state index is 0.0109. The summed E-state index contributed by atoms with van der Waals surface area (Å²) in [7, 11) is 0. The Kier molecular flexibility index (Phi) is 5.03. The van der Waals surface area contributed by atoms with Crippen LogP contribution in [0.4, 0.5) is 0 Å². The molecule has 2 aromatic carbocycles. The Labute approximate surface area is 158 Å². The van der Waals surface area contributed by atoms with Crippen LogP contribution in [0.15, 0.2) is 73.3 Å². The first-order chi connectivity index (χ1) is 13.2. The molecule has 0 saturated carbocycles. The van der Waals surface area contributed by atoms with Crippen molar-refractivity contribution in [3.8, 4) is 0 Å². The van der Waals surface area contributed by atoms with Gasteiger partial charge in [0.05, 0.1) is 6.33 Å². The summed E-state index contributed by atoms with van der Waals surface area (Å²) in [5.74, 6) is -0.0109. The van der Waals surface area contributed by atoms with Crippen LogP contribution in [0.1, 0.15) is 40.4 Å². The molecule has 27 heavy (non-hydrogen) atoms.